The fourth-order valence-corrected chi connectivity index (χ4v) is 4.20. The van der Waals surface area contributed by atoms with E-state index >= 15 is 0 Å². The number of hydrogen-bond acceptors (Lipinski definition) is 7. The summed E-state index contributed by atoms with van der Waals surface area (Å²) < 4.78 is 13.0. The molecule has 0 aliphatic heterocycles. The molecule has 0 unspecified atom stereocenters. The van der Waals surface area contributed by atoms with Gasteiger partial charge in [-0.25, -0.2) is 14.4 Å². The van der Waals surface area contributed by atoms with Crippen molar-refractivity contribution < 1.29 is 14.0 Å². The molecule has 0 aliphatic carbocycles. The topological polar surface area (TPSA) is 117 Å². The fourth-order valence-electron chi connectivity index (χ4n) is 2.62. The second-order valence-electron chi connectivity index (χ2n) is 6.57. The average Bonchev–Trinajstić information content (AvgIpc) is 3.16. The summed E-state index contributed by atoms with van der Waals surface area (Å²) >= 11 is 2.52. The van der Waals surface area contributed by atoms with Gasteiger partial charge in [-0.05, 0) is 24.6 Å². The van der Waals surface area contributed by atoms with Crippen molar-refractivity contribution in [1.82, 2.24) is 20.3 Å². The first-order chi connectivity index (χ1) is 14.8. The molecular weight excluding hydrogens is 441 g/mol. The first-order valence-corrected chi connectivity index (χ1v) is 11.1. The smallest absolute Gasteiger partial charge is 0.255 e. The number of benzene rings is 1. The molecule has 3 rings (SSSR count). The molecule has 2 aromatic heterocycles. The maximum atomic E-state index is 13.0. The Hall–Kier alpha value is -3.05. The molecule has 3 N–H and O–H groups in total. The summed E-state index contributed by atoms with van der Waals surface area (Å²) in [6.07, 6.45) is -0.0238. The van der Waals surface area contributed by atoms with Crippen LogP contribution in [0.4, 0.5) is 9.52 Å². The van der Waals surface area contributed by atoms with Gasteiger partial charge in [0.25, 0.3) is 5.56 Å². The van der Waals surface area contributed by atoms with Crippen molar-refractivity contribution in [1.29, 1.82) is 0 Å². The summed E-state index contributed by atoms with van der Waals surface area (Å²) in [6, 6.07) is 6.10. The molecule has 162 valence electrons. The number of anilines is 1. The third-order valence-corrected chi connectivity index (χ3v) is 6.00. The van der Waals surface area contributed by atoms with Gasteiger partial charge < -0.3 is 15.6 Å². The molecule has 11 heteroatoms. The summed E-state index contributed by atoms with van der Waals surface area (Å²) in [7, 11) is 1.54. The van der Waals surface area contributed by atoms with Gasteiger partial charge in [0.2, 0.25) is 11.8 Å². The Kier molecular flexibility index (Phi) is 7.53. The summed E-state index contributed by atoms with van der Waals surface area (Å²) in [5.74, 6) is -0.360. The van der Waals surface area contributed by atoms with Crippen LogP contribution in [0.1, 0.15) is 22.5 Å². The number of carbonyl (C=O) groups is 2. The molecule has 0 saturated heterocycles. The van der Waals surface area contributed by atoms with E-state index in [0.717, 1.165) is 5.56 Å². The number of H-pyrrole nitrogens is 1. The second kappa shape index (κ2) is 10.3. The number of aromatic amines is 1. The van der Waals surface area contributed by atoms with Crippen molar-refractivity contribution in [3.8, 4) is 0 Å². The van der Waals surface area contributed by atoms with Crippen LogP contribution in [0.2, 0.25) is 0 Å². The number of thiazole rings is 1. The summed E-state index contributed by atoms with van der Waals surface area (Å²) in [5.41, 5.74) is 1.79. The number of thioether (sulfide) groups is 1. The highest BCUT2D eigenvalue weighted by molar-refractivity contribution is 7.98. The minimum atomic E-state index is -0.400. The number of nitrogens with one attached hydrogen (secondary N) is 3. The molecule has 0 fully saturated rings. The lowest BCUT2D eigenvalue weighted by Crippen LogP contribution is -2.24. The Bertz CT molecular complexity index is 1140. The number of hydrogen-bond donors (Lipinski definition) is 3. The van der Waals surface area contributed by atoms with E-state index in [2.05, 4.69) is 25.6 Å². The van der Waals surface area contributed by atoms with Crippen LogP contribution in [0.3, 0.4) is 0 Å². The maximum absolute atomic E-state index is 13.0. The Morgan fingerprint density at radius 2 is 1.90 bits per heavy atom. The number of likely N-dealkylation sites (N-methyl/N-ethyl adjacent to an activating group) is 1. The molecule has 0 spiro atoms. The lowest BCUT2D eigenvalue weighted by Gasteiger charge is -2.07. The summed E-state index contributed by atoms with van der Waals surface area (Å²) in [4.78, 5) is 47.5. The highest BCUT2D eigenvalue weighted by Gasteiger charge is 2.15. The molecule has 0 radical (unpaired) electrons. The summed E-state index contributed by atoms with van der Waals surface area (Å²) in [6.45, 7) is 1.67. The number of rotatable bonds is 8. The lowest BCUT2D eigenvalue weighted by molar-refractivity contribution is -0.120. The van der Waals surface area contributed by atoms with Gasteiger partial charge in [0, 0.05) is 29.4 Å². The SMILES string of the molecule is CNC(=O)Cc1csc(NC(=O)Cc2c(C)nc(SCc3ccc(F)cc3)[nH]c2=O)n1. The van der Waals surface area contributed by atoms with E-state index in [9.17, 15) is 18.8 Å². The molecule has 8 nitrogen and oxygen atoms in total. The van der Waals surface area contributed by atoms with Crippen LogP contribution in [-0.2, 0) is 28.2 Å². The number of aryl methyl sites for hydroxylation is 1. The van der Waals surface area contributed by atoms with Crippen molar-refractivity contribution in [3.05, 3.63) is 68.3 Å². The van der Waals surface area contributed by atoms with Crippen LogP contribution in [0.15, 0.2) is 39.6 Å². The van der Waals surface area contributed by atoms with Crippen molar-refractivity contribution >= 4 is 40.0 Å². The molecule has 0 bridgehead atoms. The van der Waals surface area contributed by atoms with Crippen LogP contribution >= 0.6 is 23.1 Å². The van der Waals surface area contributed by atoms with Crippen LogP contribution in [0, 0.1) is 12.7 Å². The number of halogens is 1. The van der Waals surface area contributed by atoms with Crippen molar-refractivity contribution in [3.63, 3.8) is 0 Å². The van der Waals surface area contributed by atoms with Gasteiger partial charge in [-0.2, -0.15) is 0 Å². The second-order valence-corrected chi connectivity index (χ2v) is 8.39. The van der Waals surface area contributed by atoms with E-state index in [0.29, 0.717) is 27.4 Å². The molecule has 1 aromatic carbocycles. The van der Waals surface area contributed by atoms with Gasteiger partial charge >= 0.3 is 0 Å². The van der Waals surface area contributed by atoms with Crippen molar-refractivity contribution in [2.75, 3.05) is 12.4 Å². The molecule has 3 aromatic rings. The minimum absolute atomic E-state index is 0.128. The number of carbonyl (C=O) groups excluding carboxylic acids is 2. The Morgan fingerprint density at radius 3 is 2.58 bits per heavy atom. The van der Waals surface area contributed by atoms with Gasteiger partial charge in [0.05, 0.1) is 18.5 Å². The van der Waals surface area contributed by atoms with Crippen LogP contribution < -0.4 is 16.2 Å². The quantitative estimate of drug-likeness (QED) is 0.350. The largest absolute Gasteiger partial charge is 0.359 e. The lowest BCUT2D eigenvalue weighted by atomic mass is 10.1. The zero-order chi connectivity index (χ0) is 22.4. The molecule has 2 heterocycles. The first-order valence-electron chi connectivity index (χ1n) is 9.26. The predicted molar refractivity (Wildman–Crippen MR) is 118 cm³/mol. The Labute approximate surface area is 185 Å². The molecule has 0 aliphatic rings. The molecule has 0 atom stereocenters. The van der Waals surface area contributed by atoms with Crippen LogP contribution in [0.25, 0.3) is 0 Å². The van der Waals surface area contributed by atoms with Gasteiger partial charge in [0.1, 0.15) is 5.82 Å². The van der Waals surface area contributed by atoms with Gasteiger partial charge in [-0.15, -0.1) is 11.3 Å². The van der Waals surface area contributed by atoms with Crippen LogP contribution in [-0.4, -0.2) is 33.8 Å². The monoisotopic (exact) mass is 461 g/mol. The maximum Gasteiger partial charge on any atom is 0.255 e. The van der Waals surface area contributed by atoms with Gasteiger partial charge in [-0.3, -0.25) is 14.4 Å². The molecular formula is C20H20FN5O3S2. The van der Waals surface area contributed by atoms with Crippen molar-refractivity contribution in [2.45, 2.75) is 30.7 Å². The highest BCUT2D eigenvalue weighted by Crippen LogP contribution is 2.20. The van der Waals surface area contributed by atoms with Gasteiger partial charge in [-0.1, -0.05) is 23.9 Å². The Balaban J connectivity index is 1.61. The van der Waals surface area contributed by atoms with E-state index in [1.54, 1.807) is 24.4 Å². The van der Waals surface area contributed by atoms with E-state index in [4.69, 9.17) is 0 Å². The van der Waals surface area contributed by atoms with E-state index in [1.807, 2.05) is 0 Å². The number of aromatic nitrogens is 3. The van der Waals surface area contributed by atoms with E-state index in [-0.39, 0.29) is 35.7 Å². The molecule has 31 heavy (non-hydrogen) atoms. The zero-order valence-corrected chi connectivity index (χ0v) is 18.5. The number of amides is 2. The van der Waals surface area contributed by atoms with Crippen LogP contribution in [0.5, 0.6) is 0 Å². The first kappa shape index (κ1) is 22.6. The normalized spacial score (nSPS) is 10.7. The minimum Gasteiger partial charge on any atom is -0.359 e. The van der Waals surface area contributed by atoms with Crippen molar-refractivity contribution in [2.24, 2.45) is 0 Å². The molecule has 0 saturated carbocycles. The Morgan fingerprint density at radius 1 is 1.16 bits per heavy atom. The molecule has 2 amide bonds. The standard InChI is InChI=1S/C20H20FN5O3S2/c1-11-15(8-17(28)25-20-24-14(10-31-20)7-16(27)22-2)18(29)26-19(23-11)30-9-12-3-5-13(21)6-4-12/h3-6,10H,7-9H2,1-2H3,(H,22,27)(H,23,26,29)(H,24,25,28). The fraction of sp³-hybridized carbons (Fsp3) is 0.250. The van der Waals surface area contributed by atoms with Gasteiger partial charge in [0.15, 0.2) is 10.3 Å². The third-order valence-electron chi connectivity index (χ3n) is 4.25. The zero-order valence-electron chi connectivity index (χ0n) is 16.8. The number of nitrogens with zero attached hydrogens (tertiary/aromatic N) is 2. The van der Waals surface area contributed by atoms with E-state index < -0.39 is 5.91 Å². The predicted octanol–water partition coefficient (Wildman–Crippen LogP) is 2.44. The highest BCUT2D eigenvalue weighted by atomic mass is 32.2. The third kappa shape index (κ3) is 6.46. The summed E-state index contributed by atoms with van der Waals surface area (Å²) in [5, 5.41) is 7.63. The average molecular weight is 462 g/mol. The van der Waals surface area contributed by atoms with E-state index in [1.165, 1.54) is 42.3 Å².